The molecule has 1 aliphatic carbocycles. The minimum atomic E-state index is -1.48. The molecule has 1 aliphatic rings. The minimum absolute atomic E-state index is 0.149. The van der Waals surface area contributed by atoms with E-state index < -0.39 is 12.1 Å². The Morgan fingerprint density at radius 3 is 2.37 bits per heavy atom. The molecule has 1 atom stereocenters. The van der Waals surface area contributed by atoms with Crippen molar-refractivity contribution in [3.05, 3.63) is 52.5 Å². The summed E-state index contributed by atoms with van der Waals surface area (Å²) in [5.74, 6) is 0.594. The lowest BCUT2D eigenvalue weighted by Gasteiger charge is -2.29. The van der Waals surface area contributed by atoms with E-state index in [4.69, 9.17) is 9.47 Å². The van der Waals surface area contributed by atoms with Gasteiger partial charge >= 0.3 is 5.97 Å². The summed E-state index contributed by atoms with van der Waals surface area (Å²) in [4.78, 5) is 11.9. The van der Waals surface area contributed by atoms with E-state index in [1.54, 1.807) is 7.11 Å². The molecular weight excluding hydrogens is 447 g/mol. The number of benzene rings is 2. The van der Waals surface area contributed by atoms with Gasteiger partial charge in [-0.3, -0.25) is 0 Å². The molecule has 0 saturated heterocycles. The molecule has 30 heavy (non-hydrogen) atoms. The van der Waals surface area contributed by atoms with Crippen molar-refractivity contribution in [2.75, 3.05) is 7.11 Å². The van der Waals surface area contributed by atoms with E-state index in [1.165, 1.54) is 5.56 Å². The third kappa shape index (κ3) is 5.84. The van der Waals surface area contributed by atoms with Crippen LogP contribution in [-0.2, 0) is 9.53 Å². The predicted molar refractivity (Wildman–Crippen MR) is 122 cm³/mol. The fourth-order valence-electron chi connectivity index (χ4n) is 4.05. The van der Waals surface area contributed by atoms with Crippen LogP contribution < -0.4 is 4.74 Å². The number of hydrogen-bond acceptors (Lipinski definition) is 3. The lowest BCUT2D eigenvalue weighted by Crippen LogP contribution is -2.28. The van der Waals surface area contributed by atoms with Crippen LogP contribution >= 0.6 is 15.9 Å². The van der Waals surface area contributed by atoms with Gasteiger partial charge in [0.15, 0.2) is 6.17 Å². The topological polar surface area (TPSA) is 35.5 Å². The first-order chi connectivity index (χ1) is 14.5. The number of unbranched alkanes of at least 4 members (excludes halogenated alkanes) is 1. The Kier molecular flexibility index (Phi) is 8.32. The van der Waals surface area contributed by atoms with Crippen molar-refractivity contribution >= 4 is 21.9 Å². The standard InChI is InChI=1S/C25H30BrFO3/c1-3-4-5-23(27)25(28)30-21-13-10-18(11-14-21)17-6-8-19(9-7-17)20-12-15-24(29-2)22(26)16-20/h6-9,12,15-16,18,21,23H,3-5,10-11,13-14H2,1-2H3/t18-,21-,23-/m0/s1. The molecule has 0 bridgehead atoms. The van der Waals surface area contributed by atoms with E-state index in [9.17, 15) is 9.18 Å². The molecule has 1 saturated carbocycles. The third-order valence-corrected chi connectivity index (χ3v) is 6.51. The van der Waals surface area contributed by atoms with Crippen LogP contribution in [0, 0.1) is 0 Å². The molecule has 3 rings (SSSR count). The summed E-state index contributed by atoms with van der Waals surface area (Å²) in [5.41, 5.74) is 3.60. The van der Waals surface area contributed by atoms with Gasteiger partial charge in [0.1, 0.15) is 11.9 Å². The molecule has 5 heteroatoms. The Morgan fingerprint density at radius 2 is 1.77 bits per heavy atom. The Morgan fingerprint density at radius 1 is 1.10 bits per heavy atom. The van der Waals surface area contributed by atoms with Crippen LogP contribution in [0.5, 0.6) is 5.75 Å². The highest BCUT2D eigenvalue weighted by Crippen LogP contribution is 2.36. The van der Waals surface area contributed by atoms with Gasteiger partial charge < -0.3 is 9.47 Å². The van der Waals surface area contributed by atoms with Gasteiger partial charge in [-0.15, -0.1) is 0 Å². The highest BCUT2D eigenvalue weighted by atomic mass is 79.9. The van der Waals surface area contributed by atoms with Crippen LogP contribution in [0.3, 0.4) is 0 Å². The molecule has 0 N–H and O–H groups in total. The van der Waals surface area contributed by atoms with Gasteiger partial charge in [0.2, 0.25) is 0 Å². The molecule has 0 radical (unpaired) electrons. The highest BCUT2D eigenvalue weighted by molar-refractivity contribution is 9.10. The maximum atomic E-state index is 13.8. The van der Waals surface area contributed by atoms with E-state index in [0.717, 1.165) is 53.5 Å². The molecule has 0 heterocycles. The number of hydrogen-bond donors (Lipinski definition) is 0. The molecule has 0 unspecified atom stereocenters. The van der Waals surface area contributed by atoms with Crippen LogP contribution in [-0.4, -0.2) is 25.4 Å². The average Bonchev–Trinajstić information content (AvgIpc) is 2.78. The first-order valence-corrected chi connectivity index (χ1v) is 11.6. The maximum absolute atomic E-state index is 13.8. The first kappa shape index (κ1) is 22.8. The summed E-state index contributed by atoms with van der Waals surface area (Å²) < 4.78 is 25.5. The number of alkyl halides is 1. The van der Waals surface area contributed by atoms with Crippen LogP contribution in [0.25, 0.3) is 11.1 Å². The normalized spacial score (nSPS) is 19.9. The zero-order valence-electron chi connectivity index (χ0n) is 17.7. The van der Waals surface area contributed by atoms with Crippen LogP contribution in [0.1, 0.15) is 63.4 Å². The number of carbonyl (C=O) groups excluding carboxylic acids is 1. The van der Waals surface area contributed by atoms with Crippen LogP contribution in [0.2, 0.25) is 0 Å². The van der Waals surface area contributed by atoms with Gasteiger partial charge in [-0.05, 0) is 82.8 Å². The lowest BCUT2D eigenvalue weighted by atomic mass is 9.82. The third-order valence-electron chi connectivity index (χ3n) is 5.89. The summed E-state index contributed by atoms with van der Waals surface area (Å²) in [5, 5.41) is 0. The number of esters is 1. The SMILES string of the molecule is CCCC[C@H](F)C(=O)O[C@H]1CC[C@H](c2ccc(-c3ccc(OC)c(Br)c3)cc2)CC1. The number of ether oxygens (including phenoxy) is 2. The second-order valence-electron chi connectivity index (χ2n) is 7.99. The summed E-state index contributed by atoms with van der Waals surface area (Å²) in [6, 6.07) is 14.7. The van der Waals surface area contributed by atoms with E-state index in [2.05, 4.69) is 52.3 Å². The molecule has 0 amide bonds. The molecule has 0 spiro atoms. The van der Waals surface area contributed by atoms with Crippen molar-refractivity contribution in [2.45, 2.75) is 70.1 Å². The molecular formula is C25H30BrFO3. The van der Waals surface area contributed by atoms with Gasteiger partial charge in [0, 0.05) is 0 Å². The molecule has 1 fully saturated rings. The Labute approximate surface area is 187 Å². The molecule has 3 nitrogen and oxygen atoms in total. The summed E-state index contributed by atoms with van der Waals surface area (Å²) in [6.45, 7) is 1.99. The quantitative estimate of drug-likeness (QED) is 0.377. The molecule has 0 aliphatic heterocycles. The maximum Gasteiger partial charge on any atom is 0.340 e. The predicted octanol–water partition coefficient (Wildman–Crippen LogP) is 7.22. The van der Waals surface area contributed by atoms with Gasteiger partial charge in [-0.2, -0.15) is 0 Å². The molecule has 162 valence electrons. The van der Waals surface area contributed by atoms with Gasteiger partial charge in [0.05, 0.1) is 11.6 Å². The summed E-state index contributed by atoms with van der Waals surface area (Å²) in [7, 11) is 1.66. The molecule has 2 aromatic rings. The van der Waals surface area contributed by atoms with E-state index >= 15 is 0 Å². The molecule has 2 aromatic carbocycles. The fourth-order valence-corrected chi connectivity index (χ4v) is 4.59. The number of carbonyl (C=O) groups is 1. The van der Waals surface area contributed by atoms with Crippen molar-refractivity contribution in [3.8, 4) is 16.9 Å². The zero-order valence-corrected chi connectivity index (χ0v) is 19.3. The number of rotatable bonds is 8. The second-order valence-corrected chi connectivity index (χ2v) is 8.85. The second kappa shape index (κ2) is 10.9. The Bertz CT molecular complexity index is 829. The number of halogens is 2. The van der Waals surface area contributed by atoms with Crippen molar-refractivity contribution < 1.29 is 18.7 Å². The first-order valence-electron chi connectivity index (χ1n) is 10.8. The number of methoxy groups -OCH3 is 1. The smallest absolute Gasteiger partial charge is 0.340 e. The lowest BCUT2D eigenvalue weighted by molar-refractivity contribution is -0.157. The van der Waals surface area contributed by atoms with Crippen molar-refractivity contribution in [2.24, 2.45) is 0 Å². The van der Waals surface area contributed by atoms with Gasteiger partial charge in [-0.25, -0.2) is 9.18 Å². The van der Waals surface area contributed by atoms with Crippen LogP contribution in [0.4, 0.5) is 4.39 Å². The van der Waals surface area contributed by atoms with Gasteiger partial charge in [0.25, 0.3) is 0 Å². The molecule has 0 aromatic heterocycles. The zero-order chi connectivity index (χ0) is 21.5. The summed E-state index contributed by atoms with van der Waals surface area (Å²) >= 11 is 3.54. The Hall–Kier alpha value is -1.88. The van der Waals surface area contributed by atoms with Crippen molar-refractivity contribution in [1.82, 2.24) is 0 Å². The van der Waals surface area contributed by atoms with E-state index in [0.29, 0.717) is 12.3 Å². The highest BCUT2D eigenvalue weighted by Gasteiger charge is 2.27. The monoisotopic (exact) mass is 476 g/mol. The van der Waals surface area contributed by atoms with Gasteiger partial charge in [-0.1, -0.05) is 50.1 Å². The van der Waals surface area contributed by atoms with Crippen molar-refractivity contribution in [1.29, 1.82) is 0 Å². The fraction of sp³-hybridized carbons (Fsp3) is 0.480. The largest absolute Gasteiger partial charge is 0.496 e. The van der Waals surface area contributed by atoms with Crippen LogP contribution in [0.15, 0.2) is 46.9 Å². The summed E-state index contributed by atoms with van der Waals surface area (Å²) in [6.07, 6.45) is 3.74. The van der Waals surface area contributed by atoms with E-state index in [1.807, 2.05) is 13.0 Å². The Balaban J connectivity index is 1.53. The average molecular weight is 477 g/mol. The minimum Gasteiger partial charge on any atom is -0.496 e. The van der Waals surface area contributed by atoms with Crippen molar-refractivity contribution in [3.63, 3.8) is 0 Å². The van der Waals surface area contributed by atoms with E-state index in [-0.39, 0.29) is 12.5 Å².